The molecule has 104 valence electrons. The molecule has 0 saturated heterocycles. The maximum atomic E-state index is 12.0. The lowest BCUT2D eigenvalue weighted by atomic mass is 9.83. The normalized spacial score (nSPS) is 25.2. The number of nitrogens with two attached hydrogens (primary N) is 1. The highest BCUT2D eigenvalue weighted by molar-refractivity contribution is 5.77. The van der Waals surface area contributed by atoms with Gasteiger partial charge < -0.3 is 11.1 Å². The van der Waals surface area contributed by atoms with Crippen molar-refractivity contribution in [2.75, 3.05) is 6.54 Å². The molecule has 2 saturated carbocycles. The number of rotatable bonds is 5. The van der Waals surface area contributed by atoms with E-state index >= 15 is 0 Å². The summed E-state index contributed by atoms with van der Waals surface area (Å²) in [6.45, 7) is 3.11. The fraction of sp³-hybridized carbons (Fsp3) is 0.933. The van der Waals surface area contributed by atoms with Crippen LogP contribution >= 0.6 is 0 Å². The average Bonchev–Trinajstić information content (AvgIpc) is 2.97. The molecule has 0 radical (unpaired) electrons. The van der Waals surface area contributed by atoms with Crippen molar-refractivity contribution < 1.29 is 4.79 Å². The summed E-state index contributed by atoms with van der Waals surface area (Å²) in [5.41, 5.74) is 6.42. The second-order valence-corrected chi connectivity index (χ2v) is 6.58. The van der Waals surface area contributed by atoms with Gasteiger partial charge in [0.25, 0.3) is 0 Å². The molecule has 2 aliphatic rings. The predicted octanol–water partition coefficient (Wildman–Crippen LogP) is 2.73. The summed E-state index contributed by atoms with van der Waals surface area (Å²) in [6.07, 6.45) is 11.3. The van der Waals surface area contributed by atoms with Crippen LogP contribution in [0.2, 0.25) is 0 Å². The second kappa shape index (κ2) is 5.60. The molecule has 0 heterocycles. The van der Waals surface area contributed by atoms with Gasteiger partial charge in [-0.3, -0.25) is 4.79 Å². The van der Waals surface area contributed by atoms with E-state index in [0.29, 0.717) is 11.8 Å². The van der Waals surface area contributed by atoms with Crippen LogP contribution in [-0.2, 0) is 4.79 Å². The molecule has 0 aromatic heterocycles. The number of carbonyl (C=O) groups is 1. The highest BCUT2D eigenvalue weighted by atomic mass is 16.1. The predicted molar refractivity (Wildman–Crippen MR) is 74.2 cm³/mol. The monoisotopic (exact) mass is 252 g/mol. The topological polar surface area (TPSA) is 55.1 Å². The van der Waals surface area contributed by atoms with Gasteiger partial charge in [0.1, 0.15) is 0 Å². The van der Waals surface area contributed by atoms with E-state index in [0.717, 1.165) is 19.4 Å². The first kappa shape index (κ1) is 13.9. The zero-order valence-electron chi connectivity index (χ0n) is 11.8. The summed E-state index contributed by atoms with van der Waals surface area (Å²) in [6, 6.07) is 0. The van der Waals surface area contributed by atoms with Gasteiger partial charge in [0.2, 0.25) is 5.91 Å². The van der Waals surface area contributed by atoms with Crippen LogP contribution in [-0.4, -0.2) is 18.0 Å². The molecule has 3 nitrogen and oxygen atoms in total. The van der Waals surface area contributed by atoms with Gasteiger partial charge >= 0.3 is 0 Å². The largest absolute Gasteiger partial charge is 0.355 e. The minimum atomic E-state index is -0.209. The van der Waals surface area contributed by atoms with Gasteiger partial charge in [-0.2, -0.15) is 0 Å². The summed E-state index contributed by atoms with van der Waals surface area (Å²) in [5, 5.41) is 3.15. The van der Waals surface area contributed by atoms with Crippen molar-refractivity contribution >= 4 is 5.91 Å². The fourth-order valence-electron chi connectivity index (χ4n) is 3.70. The van der Waals surface area contributed by atoms with Gasteiger partial charge in [-0.25, -0.2) is 0 Å². The summed E-state index contributed by atoms with van der Waals surface area (Å²) in [7, 11) is 0. The number of hydrogen-bond acceptors (Lipinski definition) is 2. The van der Waals surface area contributed by atoms with E-state index < -0.39 is 0 Å². The third-order valence-electron chi connectivity index (χ3n) is 5.19. The van der Waals surface area contributed by atoms with Crippen LogP contribution in [0.3, 0.4) is 0 Å². The first-order valence-electron chi connectivity index (χ1n) is 7.63. The van der Waals surface area contributed by atoms with Crippen LogP contribution in [0.5, 0.6) is 0 Å². The maximum absolute atomic E-state index is 12.0. The lowest BCUT2D eigenvalue weighted by molar-refractivity contribution is -0.122. The first-order chi connectivity index (χ1) is 8.58. The van der Waals surface area contributed by atoms with Gasteiger partial charge in [-0.15, -0.1) is 0 Å². The van der Waals surface area contributed by atoms with Crippen LogP contribution in [0.15, 0.2) is 0 Å². The molecular weight excluding hydrogens is 224 g/mol. The van der Waals surface area contributed by atoms with Gasteiger partial charge in [0.15, 0.2) is 0 Å². The van der Waals surface area contributed by atoms with E-state index in [2.05, 4.69) is 12.2 Å². The molecule has 0 spiro atoms. The summed E-state index contributed by atoms with van der Waals surface area (Å²) in [4.78, 5) is 12.0. The van der Waals surface area contributed by atoms with Crippen LogP contribution in [0.4, 0.5) is 0 Å². The highest BCUT2D eigenvalue weighted by Gasteiger charge is 2.34. The van der Waals surface area contributed by atoms with Crippen molar-refractivity contribution in [3.8, 4) is 0 Å². The van der Waals surface area contributed by atoms with Crippen molar-refractivity contribution in [1.29, 1.82) is 0 Å². The molecular formula is C15H28N2O. The molecule has 18 heavy (non-hydrogen) atoms. The summed E-state index contributed by atoms with van der Waals surface area (Å²) in [5.74, 6) is 0.166. The Morgan fingerprint density at radius 2 is 1.67 bits per heavy atom. The number of amides is 1. The standard InChI is InChI=1S/C15H28N2O/c1-2-14(7-3-4-8-14)12-17-13(18)11-15(16)9-5-6-10-15/h2-12,16H2,1H3,(H,17,18). The third-order valence-corrected chi connectivity index (χ3v) is 5.19. The number of carbonyl (C=O) groups excluding carboxylic acids is 1. The molecule has 0 bridgehead atoms. The molecule has 3 N–H and O–H groups in total. The Morgan fingerprint density at radius 1 is 1.11 bits per heavy atom. The quantitative estimate of drug-likeness (QED) is 0.790. The van der Waals surface area contributed by atoms with Crippen molar-refractivity contribution in [3.05, 3.63) is 0 Å². The number of hydrogen-bond donors (Lipinski definition) is 2. The zero-order chi connectivity index (χ0) is 13.1. The number of nitrogens with one attached hydrogen (secondary N) is 1. The molecule has 2 fully saturated rings. The Morgan fingerprint density at radius 3 is 2.22 bits per heavy atom. The smallest absolute Gasteiger partial charge is 0.221 e. The Balaban J connectivity index is 1.77. The lowest BCUT2D eigenvalue weighted by Gasteiger charge is -2.29. The summed E-state index contributed by atoms with van der Waals surface area (Å²) >= 11 is 0. The van der Waals surface area contributed by atoms with E-state index in [1.807, 2.05) is 0 Å². The molecule has 2 aliphatic carbocycles. The van der Waals surface area contributed by atoms with Crippen LogP contribution in [0, 0.1) is 5.41 Å². The van der Waals surface area contributed by atoms with Crippen molar-refractivity contribution in [1.82, 2.24) is 5.32 Å². The molecule has 1 amide bonds. The molecule has 0 aromatic carbocycles. The summed E-state index contributed by atoms with van der Waals surface area (Å²) < 4.78 is 0. The SMILES string of the molecule is CCC1(CNC(=O)CC2(N)CCCC2)CCCC1. The first-order valence-corrected chi connectivity index (χ1v) is 7.63. The molecule has 3 heteroatoms. The molecule has 0 aromatic rings. The second-order valence-electron chi connectivity index (χ2n) is 6.58. The Hall–Kier alpha value is -0.570. The van der Waals surface area contributed by atoms with Crippen LogP contribution < -0.4 is 11.1 Å². The van der Waals surface area contributed by atoms with E-state index in [4.69, 9.17) is 5.73 Å². The lowest BCUT2D eigenvalue weighted by Crippen LogP contribution is -2.44. The minimum Gasteiger partial charge on any atom is -0.355 e. The van der Waals surface area contributed by atoms with Crippen molar-refractivity contribution in [2.45, 2.75) is 76.7 Å². The van der Waals surface area contributed by atoms with E-state index in [1.54, 1.807) is 0 Å². The van der Waals surface area contributed by atoms with Gasteiger partial charge in [0, 0.05) is 18.5 Å². The molecule has 0 aliphatic heterocycles. The molecule has 0 unspecified atom stereocenters. The Kier molecular flexibility index (Phi) is 4.31. The van der Waals surface area contributed by atoms with Crippen LogP contribution in [0.25, 0.3) is 0 Å². The van der Waals surface area contributed by atoms with Gasteiger partial charge in [-0.05, 0) is 37.5 Å². The van der Waals surface area contributed by atoms with Gasteiger partial charge in [0.05, 0.1) is 0 Å². The van der Waals surface area contributed by atoms with Crippen LogP contribution in [0.1, 0.15) is 71.1 Å². The minimum absolute atomic E-state index is 0.166. The molecule has 2 rings (SSSR count). The third kappa shape index (κ3) is 3.25. The van der Waals surface area contributed by atoms with E-state index in [9.17, 15) is 4.79 Å². The van der Waals surface area contributed by atoms with E-state index in [1.165, 1.54) is 44.9 Å². The Labute approximate surface area is 111 Å². The van der Waals surface area contributed by atoms with Gasteiger partial charge in [-0.1, -0.05) is 32.6 Å². The van der Waals surface area contributed by atoms with E-state index in [-0.39, 0.29) is 11.4 Å². The van der Waals surface area contributed by atoms with Crippen molar-refractivity contribution in [2.24, 2.45) is 11.1 Å². The Bertz CT molecular complexity index is 289. The fourth-order valence-corrected chi connectivity index (χ4v) is 3.70. The highest BCUT2D eigenvalue weighted by Crippen LogP contribution is 2.40. The molecule has 0 atom stereocenters. The zero-order valence-corrected chi connectivity index (χ0v) is 11.8. The average molecular weight is 252 g/mol. The maximum Gasteiger partial charge on any atom is 0.221 e. The van der Waals surface area contributed by atoms with Crippen molar-refractivity contribution in [3.63, 3.8) is 0 Å².